The van der Waals surface area contributed by atoms with Crippen molar-refractivity contribution in [2.24, 2.45) is 0 Å². The van der Waals surface area contributed by atoms with Crippen LogP contribution in [0.25, 0.3) is 0 Å². The number of carbonyl (C=O) groups excluding carboxylic acids is 1. The molecule has 0 aliphatic carbocycles. The molecule has 1 heterocycles. The minimum atomic E-state index is -3.65. The molecular weight excluding hydrogens is 350 g/mol. The Morgan fingerprint density at radius 1 is 1.21 bits per heavy atom. The highest BCUT2D eigenvalue weighted by Crippen LogP contribution is 2.25. The summed E-state index contributed by atoms with van der Waals surface area (Å²) in [5.74, 6) is -0.225. The van der Waals surface area contributed by atoms with Crippen LogP contribution in [-0.2, 0) is 10.0 Å². The fourth-order valence-corrected chi connectivity index (χ4v) is 4.05. The maximum absolute atomic E-state index is 12.7. The molecule has 1 aliphatic rings. The molecule has 2 rings (SSSR count). The van der Waals surface area contributed by atoms with Gasteiger partial charge in [-0.2, -0.15) is 4.31 Å². The van der Waals surface area contributed by atoms with E-state index in [0.717, 1.165) is 13.1 Å². The maximum Gasteiger partial charge on any atom is 0.255 e. The topological polar surface area (TPSA) is 60.9 Å². The van der Waals surface area contributed by atoms with Gasteiger partial charge in [-0.3, -0.25) is 4.79 Å². The number of carbonyl (C=O) groups is 1. The number of sulfonamides is 1. The maximum atomic E-state index is 12.7. The number of hydrogen-bond donors (Lipinski definition) is 0. The number of rotatable bonds is 4. The van der Waals surface area contributed by atoms with Crippen molar-refractivity contribution < 1.29 is 13.2 Å². The largest absolute Gasteiger partial charge is 0.336 e. The van der Waals surface area contributed by atoms with Crippen LogP contribution in [0.15, 0.2) is 23.1 Å². The Labute approximate surface area is 149 Å². The zero-order valence-electron chi connectivity index (χ0n) is 14.5. The van der Waals surface area contributed by atoms with E-state index in [4.69, 9.17) is 11.6 Å². The summed E-state index contributed by atoms with van der Waals surface area (Å²) in [6.07, 6.45) is 0. The van der Waals surface area contributed by atoms with Crippen LogP contribution in [0.5, 0.6) is 0 Å². The highest BCUT2D eigenvalue weighted by molar-refractivity contribution is 7.89. The molecule has 0 saturated carbocycles. The molecule has 0 unspecified atom stereocenters. The summed E-state index contributed by atoms with van der Waals surface area (Å²) >= 11 is 6.16. The van der Waals surface area contributed by atoms with Gasteiger partial charge in [0.05, 0.1) is 15.5 Å². The van der Waals surface area contributed by atoms with E-state index in [0.29, 0.717) is 13.1 Å². The highest BCUT2D eigenvalue weighted by atomic mass is 35.5. The number of nitrogens with zero attached hydrogens (tertiary/aromatic N) is 3. The molecule has 0 N–H and O–H groups in total. The third-order valence-corrected chi connectivity index (χ3v) is 6.72. The highest BCUT2D eigenvalue weighted by Gasteiger charge is 2.27. The van der Waals surface area contributed by atoms with Crippen LogP contribution in [-0.4, -0.2) is 74.7 Å². The molecule has 0 bridgehead atoms. The fraction of sp³-hybridized carbons (Fsp3) is 0.562. The van der Waals surface area contributed by atoms with Gasteiger partial charge in [0.15, 0.2) is 0 Å². The first-order valence-corrected chi connectivity index (χ1v) is 9.72. The van der Waals surface area contributed by atoms with Crippen molar-refractivity contribution in [1.82, 2.24) is 14.1 Å². The monoisotopic (exact) mass is 373 g/mol. The average Bonchev–Trinajstić information content (AvgIpc) is 2.54. The minimum absolute atomic E-state index is 0.0839. The predicted molar refractivity (Wildman–Crippen MR) is 94.9 cm³/mol. The lowest BCUT2D eigenvalue weighted by Gasteiger charge is -2.32. The first-order chi connectivity index (χ1) is 11.1. The number of hydrogen-bond acceptors (Lipinski definition) is 4. The number of halogens is 1. The quantitative estimate of drug-likeness (QED) is 0.806. The smallest absolute Gasteiger partial charge is 0.255 e. The van der Waals surface area contributed by atoms with Gasteiger partial charge in [-0.1, -0.05) is 11.6 Å². The second-order valence-electron chi connectivity index (χ2n) is 6.35. The zero-order valence-corrected chi connectivity index (χ0v) is 16.1. The van der Waals surface area contributed by atoms with Crippen molar-refractivity contribution in [2.75, 3.05) is 40.3 Å². The fourth-order valence-electron chi connectivity index (χ4n) is 2.45. The first kappa shape index (κ1) is 19.2. The van der Waals surface area contributed by atoms with E-state index >= 15 is 0 Å². The van der Waals surface area contributed by atoms with Crippen molar-refractivity contribution in [3.05, 3.63) is 28.8 Å². The van der Waals surface area contributed by atoms with Gasteiger partial charge in [0.25, 0.3) is 5.91 Å². The van der Waals surface area contributed by atoms with Gasteiger partial charge in [-0.05, 0) is 39.1 Å². The van der Waals surface area contributed by atoms with Gasteiger partial charge in [0.1, 0.15) is 0 Å². The van der Waals surface area contributed by atoms with Gasteiger partial charge in [-0.25, -0.2) is 8.42 Å². The molecule has 0 aromatic heterocycles. The van der Waals surface area contributed by atoms with Crippen molar-refractivity contribution >= 4 is 27.5 Å². The predicted octanol–water partition coefficient (Wildman–Crippen LogP) is 1.76. The van der Waals surface area contributed by atoms with E-state index in [1.54, 1.807) is 18.7 Å². The first-order valence-electron chi connectivity index (χ1n) is 7.90. The molecule has 1 saturated heterocycles. The molecule has 134 valence electrons. The molecule has 0 spiro atoms. The Bertz CT molecular complexity index is 713. The van der Waals surface area contributed by atoms with Crippen molar-refractivity contribution in [1.29, 1.82) is 0 Å². The molecule has 24 heavy (non-hydrogen) atoms. The van der Waals surface area contributed by atoms with Crippen LogP contribution < -0.4 is 0 Å². The zero-order chi connectivity index (χ0) is 18.1. The molecule has 1 aromatic rings. The summed E-state index contributed by atoms with van der Waals surface area (Å²) in [5.41, 5.74) is 0.236. The van der Waals surface area contributed by atoms with E-state index in [1.807, 2.05) is 7.05 Å². The lowest BCUT2D eigenvalue weighted by molar-refractivity contribution is 0.0664. The molecule has 0 atom stereocenters. The van der Waals surface area contributed by atoms with E-state index < -0.39 is 10.0 Å². The van der Waals surface area contributed by atoms with Crippen LogP contribution in [0.4, 0.5) is 0 Å². The van der Waals surface area contributed by atoms with E-state index in [9.17, 15) is 13.2 Å². The Morgan fingerprint density at radius 2 is 1.79 bits per heavy atom. The van der Waals surface area contributed by atoms with Gasteiger partial charge >= 0.3 is 0 Å². The Balaban J connectivity index is 2.34. The van der Waals surface area contributed by atoms with Gasteiger partial charge in [0.2, 0.25) is 10.0 Å². The van der Waals surface area contributed by atoms with Crippen LogP contribution in [0.2, 0.25) is 5.02 Å². The SMILES string of the molecule is CC(C)N(C)S(=O)(=O)c1ccc(Cl)c(C(=O)N2CCN(C)CC2)c1. The average molecular weight is 374 g/mol. The summed E-state index contributed by atoms with van der Waals surface area (Å²) in [6, 6.07) is 4.13. The number of amides is 1. The molecule has 6 nitrogen and oxygen atoms in total. The lowest BCUT2D eigenvalue weighted by atomic mass is 10.2. The van der Waals surface area contributed by atoms with E-state index in [2.05, 4.69) is 4.90 Å². The third-order valence-electron chi connectivity index (χ3n) is 4.36. The van der Waals surface area contributed by atoms with Crippen molar-refractivity contribution in [3.63, 3.8) is 0 Å². The Kier molecular flexibility index (Phi) is 5.91. The van der Waals surface area contributed by atoms with Crippen LogP contribution in [0.3, 0.4) is 0 Å². The number of likely N-dealkylation sites (N-methyl/N-ethyl adjacent to an activating group) is 1. The van der Waals surface area contributed by atoms with Crippen LogP contribution in [0.1, 0.15) is 24.2 Å². The molecule has 1 aromatic carbocycles. The molecular formula is C16H24ClN3O3S. The minimum Gasteiger partial charge on any atom is -0.336 e. The van der Waals surface area contributed by atoms with E-state index in [-0.39, 0.29) is 27.4 Å². The summed E-state index contributed by atoms with van der Waals surface area (Å²) in [6.45, 7) is 6.38. The second-order valence-corrected chi connectivity index (χ2v) is 8.76. The van der Waals surface area contributed by atoms with Crippen molar-refractivity contribution in [2.45, 2.75) is 24.8 Å². The number of piperazine rings is 1. The normalized spacial score (nSPS) is 16.9. The van der Waals surface area contributed by atoms with Crippen molar-refractivity contribution in [3.8, 4) is 0 Å². The molecule has 1 aliphatic heterocycles. The van der Waals surface area contributed by atoms with Crippen LogP contribution in [0, 0.1) is 0 Å². The standard InChI is InChI=1S/C16H24ClN3O3S/c1-12(2)19(4)24(22,23)13-5-6-15(17)14(11-13)16(21)20-9-7-18(3)8-10-20/h5-6,11-12H,7-10H2,1-4H3. The van der Waals surface area contributed by atoms with Gasteiger partial charge in [0, 0.05) is 39.3 Å². The molecule has 1 amide bonds. The number of benzene rings is 1. The lowest BCUT2D eigenvalue weighted by Crippen LogP contribution is -2.47. The van der Waals surface area contributed by atoms with Crippen LogP contribution >= 0.6 is 11.6 Å². The summed E-state index contributed by atoms with van der Waals surface area (Å²) in [5, 5.41) is 0.269. The Hall–Kier alpha value is -1.15. The Morgan fingerprint density at radius 3 is 2.33 bits per heavy atom. The van der Waals surface area contributed by atoms with E-state index in [1.165, 1.54) is 29.6 Å². The van der Waals surface area contributed by atoms with Gasteiger partial charge in [-0.15, -0.1) is 0 Å². The molecule has 0 radical (unpaired) electrons. The molecule has 8 heteroatoms. The second kappa shape index (κ2) is 7.39. The summed E-state index contributed by atoms with van der Waals surface area (Å²) in [4.78, 5) is 16.7. The summed E-state index contributed by atoms with van der Waals surface area (Å²) in [7, 11) is -0.127. The third kappa shape index (κ3) is 3.91. The van der Waals surface area contributed by atoms with Gasteiger partial charge < -0.3 is 9.80 Å². The summed E-state index contributed by atoms with van der Waals surface area (Å²) < 4.78 is 26.5. The molecule has 1 fully saturated rings.